The van der Waals surface area contributed by atoms with Crippen molar-refractivity contribution in [2.45, 2.75) is 32.5 Å². The summed E-state index contributed by atoms with van der Waals surface area (Å²) in [5.74, 6) is 1.24. The molecule has 1 fully saturated rings. The highest BCUT2D eigenvalue weighted by Gasteiger charge is 2.23. The van der Waals surface area contributed by atoms with E-state index in [0.717, 1.165) is 42.3 Å². The molecule has 132 valence electrons. The molecule has 0 aliphatic carbocycles. The van der Waals surface area contributed by atoms with Crippen LogP contribution in [0.15, 0.2) is 17.1 Å². The molecule has 3 rings (SSSR count). The van der Waals surface area contributed by atoms with Crippen molar-refractivity contribution in [3.63, 3.8) is 0 Å². The third-order valence-corrected chi connectivity index (χ3v) is 4.19. The second-order valence-electron chi connectivity index (χ2n) is 6.04. The smallest absolute Gasteiger partial charge is 0.194 e. The van der Waals surface area contributed by atoms with Crippen LogP contribution in [-0.2, 0) is 17.8 Å². The van der Waals surface area contributed by atoms with Crippen LogP contribution in [0.25, 0.3) is 0 Å². The molecule has 0 amide bonds. The van der Waals surface area contributed by atoms with E-state index in [2.05, 4.69) is 15.2 Å². The maximum Gasteiger partial charge on any atom is 0.194 e. The number of nitrogens with one attached hydrogen (secondary N) is 1. The molecule has 1 aromatic rings. The molecule has 1 aromatic carbocycles. The van der Waals surface area contributed by atoms with E-state index in [0.29, 0.717) is 26.1 Å². The summed E-state index contributed by atoms with van der Waals surface area (Å²) in [5, 5.41) is 12.9. The number of aliphatic hydroxyl groups is 1. The van der Waals surface area contributed by atoms with Gasteiger partial charge < -0.3 is 24.8 Å². The molecule has 0 spiro atoms. The second kappa shape index (κ2) is 7.81. The van der Waals surface area contributed by atoms with E-state index in [-0.39, 0.29) is 18.7 Å². The molecule has 1 saturated heterocycles. The number of hydrogen-bond acceptors (Lipinski definition) is 4. The van der Waals surface area contributed by atoms with Crippen LogP contribution < -0.4 is 10.1 Å². The monoisotopic (exact) mass is 337 g/mol. The summed E-state index contributed by atoms with van der Waals surface area (Å²) >= 11 is 0. The number of β-amino-alcohol motifs (C(OH)–C–C–N with tert-alkyl or cyclic N) is 1. The zero-order valence-electron chi connectivity index (χ0n) is 13.9. The molecular weight excluding hydrogens is 313 g/mol. The van der Waals surface area contributed by atoms with E-state index in [1.165, 1.54) is 12.1 Å². The Bertz CT molecular complexity index is 609. The fourth-order valence-corrected chi connectivity index (χ4v) is 3.08. The van der Waals surface area contributed by atoms with Crippen molar-refractivity contribution in [3.05, 3.63) is 29.1 Å². The Kier molecular flexibility index (Phi) is 5.52. The summed E-state index contributed by atoms with van der Waals surface area (Å²) in [5.41, 5.74) is 1.56. The Morgan fingerprint density at radius 2 is 2.38 bits per heavy atom. The summed E-state index contributed by atoms with van der Waals surface area (Å²) in [6, 6.07) is 2.96. The van der Waals surface area contributed by atoms with Gasteiger partial charge in [-0.05, 0) is 37.5 Å². The molecule has 7 heteroatoms. The first-order chi connectivity index (χ1) is 11.7. The van der Waals surface area contributed by atoms with Crippen LogP contribution >= 0.6 is 0 Å². The number of ether oxygens (including phenoxy) is 2. The van der Waals surface area contributed by atoms with E-state index in [9.17, 15) is 9.50 Å². The maximum absolute atomic E-state index is 13.8. The van der Waals surface area contributed by atoms with E-state index in [1.54, 1.807) is 0 Å². The molecule has 2 N–H and O–H groups in total. The Hall–Kier alpha value is -1.86. The van der Waals surface area contributed by atoms with Crippen LogP contribution in [-0.4, -0.2) is 55.0 Å². The lowest BCUT2D eigenvalue weighted by Gasteiger charge is -2.22. The van der Waals surface area contributed by atoms with Gasteiger partial charge in [-0.15, -0.1) is 0 Å². The minimum absolute atomic E-state index is 0.198. The van der Waals surface area contributed by atoms with Gasteiger partial charge in [0.15, 0.2) is 12.8 Å². The molecule has 0 unspecified atom stereocenters. The second-order valence-corrected chi connectivity index (χ2v) is 6.04. The van der Waals surface area contributed by atoms with Crippen molar-refractivity contribution < 1.29 is 19.0 Å². The van der Waals surface area contributed by atoms with Crippen LogP contribution in [0, 0.1) is 5.82 Å². The number of nitrogens with zero attached hydrogens (tertiary/aromatic N) is 2. The number of guanidine groups is 1. The van der Waals surface area contributed by atoms with Gasteiger partial charge in [0.05, 0.1) is 12.7 Å². The Morgan fingerprint density at radius 1 is 1.50 bits per heavy atom. The molecule has 6 nitrogen and oxygen atoms in total. The van der Waals surface area contributed by atoms with Gasteiger partial charge in [-0.2, -0.15) is 0 Å². The van der Waals surface area contributed by atoms with Gasteiger partial charge in [0.1, 0.15) is 11.6 Å². The van der Waals surface area contributed by atoms with Crippen LogP contribution in [0.5, 0.6) is 5.75 Å². The highest BCUT2D eigenvalue weighted by atomic mass is 19.1. The topological polar surface area (TPSA) is 66.3 Å². The van der Waals surface area contributed by atoms with E-state index < -0.39 is 0 Å². The minimum Gasteiger partial charge on any atom is -0.467 e. The van der Waals surface area contributed by atoms with E-state index >= 15 is 0 Å². The standard InChI is InChI=1S/C17H24FN3O3/c1-2-19-17(21-6-4-15(22)9-21)20-5-3-12-7-14(18)8-13-10-23-11-24-16(12)13/h7-8,15,22H,2-6,9-11H2,1H3,(H,19,20)/t15-/m1/s1. The fourth-order valence-electron chi connectivity index (χ4n) is 3.08. The minimum atomic E-state index is -0.294. The molecular formula is C17H24FN3O3. The predicted molar refractivity (Wildman–Crippen MR) is 88.6 cm³/mol. The zero-order valence-corrected chi connectivity index (χ0v) is 13.9. The lowest BCUT2D eigenvalue weighted by molar-refractivity contribution is -0.0172. The third-order valence-electron chi connectivity index (χ3n) is 4.19. The number of fused-ring (bicyclic) bond motifs is 1. The average Bonchev–Trinajstić information content (AvgIpc) is 3.00. The van der Waals surface area contributed by atoms with Gasteiger partial charge in [-0.1, -0.05) is 0 Å². The third kappa shape index (κ3) is 3.96. The zero-order chi connectivity index (χ0) is 16.9. The largest absolute Gasteiger partial charge is 0.467 e. The van der Waals surface area contributed by atoms with Crippen LogP contribution in [0.4, 0.5) is 4.39 Å². The highest BCUT2D eigenvalue weighted by molar-refractivity contribution is 5.80. The quantitative estimate of drug-likeness (QED) is 0.640. The van der Waals surface area contributed by atoms with Crippen LogP contribution in [0.3, 0.4) is 0 Å². The molecule has 2 aliphatic heterocycles. The Morgan fingerprint density at radius 3 is 3.12 bits per heavy atom. The van der Waals surface area contributed by atoms with E-state index in [1.807, 2.05) is 6.92 Å². The number of likely N-dealkylation sites (tertiary alicyclic amines) is 1. The van der Waals surface area contributed by atoms with Gasteiger partial charge in [0.25, 0.3) is 0 Å². The number of halogens is 1. The van der Waals surface area contributed by atoms with Crippen LogP contribution in [0.1, 0.15) is 24.5 Å². The van der Waals surface area contributed by atoms with Gasteiger partial charge in [0, 0.05) is 31.7 Å². The summed E-state index contributed by atoms with van der Waals surface area (Å²) < 4.78 is 24.5. The van der Waals surface area contributed by atoms with Gasteiger partial charge >= 0.3 is 0 Å². The van der Waals surface area contributed by atoms with Crippen molar-refractivity contribution in [1.29, 1.82) is 0 Å². The van der Waals surface area contributed by atoms with Crippen molar-refractivity contribution in [3.8, 4) is 5.75 Å². The highest BCUT2D eigenvalue weighted by Crippen LogP contribution is 2.29. The van der Waals surface area contributed by atoms with Crippen LogP contribution in [0.2, 0.25) is 0 Å². The molecule has 0 saturated carbocycles. The Labute approximate surface area is 141 Å². The summed E-state index contributed by atoms with van der Waals surface area (Å²) in [7, 11) is 0. The molecule has 0 radical (unpaired) electrons. The van der Waals surface area contributed by atoms with Gasteiger partial charge in [-0.25, -0.2) is 4.39 Å². The van der Waals surface area contributed by atoms with Crippen molar-refractivity contribution in [2.75, 3.05) is 33.0 Å². The molecule has 0 bridgehead atoms. The molecule has 2 aliphatic rings. The first-order valence-corrected chi connectivity index (χ1v) is 8.40. The number of benzene rings is 1. The van der Waals surface area contributed by atoms with Gasteiger partial charge in [0.2, 0.25) is 0 Å². The number of aliphatic imine (C=N–C) groups is 1. The maximum atomic E-state index is 13.8. The predicted octanol–water partition coefficient (Wildman–Crippen LogP) is 1.27. The number of aliphatic hydroxyl groups excluding tert-OH is 1. The normalized spacial score (nSPS) is 20.7. The number of hydrogen-bond donors (Lipinski definition) is 2. The molecule has 2 heterocycles. The van der Waals surface area contributed by atoms with E-state index in [4.69, 9.17) is 9.47 Å². The fraction of sp³-hybridized carbons (Fsp3) is 0.588. The van der Waals surface area contributed by atoms with Crippen molar-refractivity contribution in [1.82, 2.24) is 10.2 Å². The van der Waals surface area contributed by atoms with Crippen molar-refractivity contribution >= 4 is 5.96 Å². The van der Waals surface area contributed by atoms with Crippen molar-refractivity contribution in [2.24, 2.45) is 4.99 Å². The lowest BCUT2D eigenvalue weighted by atomic mass is 10.1. The average molecular weight is 337 g/mol. The lowest BCUT2D eigenvalue weighted by Crippen LogP contribution is -2.40. The Balaban J connectivity index is 1.69. The van der Waals surface area contributed by atoms with Gasteiger partial charge in [-0.3, -0.25) is 4.99 Å². The first kappa shape index (κ1) is 17.0. The number of rotatable bonds is 4. The summed E-state index contributed by atoms with van der Waals surface area (Å²) in [6.45, 7) is 5.26. The molecule has 1 atom stereocenters. The SMILES string of the molecule is CCNC(=NCCc1cc(F)cc2c1OCOC2)N1CC[C@@H](O)C1. The summed E-state index contributed by atoms with van der Waals surface area (Å²) in [4.78, 5) is 6.67. The molecule has 24 heavy (non-hydrogen) atoms. The first-order valence-electron chi connectivity index (χ1n) is 8.40. The molecule has 0 aromatic heterocycles. The summed E-state index contributed by atoms with van der Waals surface area (Å²) in [6.07, 6.45) is 1.05.